The first-order valence-corrected chi connectivity index (χ1v) is 6.28. The maximum Gasteiger partial charge on any atom is 0.342 e. The third-order valence-electron chi connectivity index (χ3n) is 2.36. The van der Waals surface area contributed by atoms with E-state index in [4.69, 9.17) is 16.6 Å². The Morgan fingerprint density at radius 1 is 1.29 bits per heavy atom. The molecule has 0 fully saturated rings. The maximum absolute atomic E-state index is 11.1. The van der Waals surface area contributed by atoms with Crippen LogP contribution in [0.25, 0.3) is 0 Å². The molecule has 9 nitrogen and oxygen atoms in total. The number of nitro benzene ring substituents is 1. The van der Waals surface area contributed by atoms with Gasteiger partial charge in [-0.05, 0) is 23.9 Å². The fourth-order valence-corrected chi connectivity index (χ4v) is 2.50. The highest BCUT2D eigenvalue weighted by molar-refractivity contribution is 7.99. The topological polar surface area (TPSA) is 158 Å². The van der Waals surface area contributed by atoms with Crippen molar-refractivity contribution in [3.05, 3.63) is 39.9 Å². The van der Waals surface area contributed by atoms with Crippen LogP contribution in [-0.4, -0.2) is 26.0 Å². The van der Waals surface area contributed by atoms with E-state index >= 15 is 0 Å². The highest BCUT2D eigenvalue weighted by atomic mass is 32.2. The van der Waals surface area contributed by atoms with E-state index < -0.39 is 22.1 Å². The Kier molecular flexibility index (Phi) is 3.89. The largest absolute Gasteiger partial charge is 0.477 e. The molecule has 2 aromatic rings. The summed E-state index contributed by atoms with van der Waals surface area (Å²) in [5.74, 6) is -1.17. The Labute approximate surface area is 122 Å². The fraction of sp³-hybridized carbons (Fsp3) is 0. The van der Waals surface area contributed by atoms with Crippen molar-refractivity contribution < 1.29 is 14.8 Å². The van der Waals surface area contributed by atoms with Crippen molar-refractivity contribution in [3.63, 3.8) is 0 Å². The van der Waals surface area contributed by atoms with Crippen LogP contribution in [0.1, 0.15) is 10.4 Å². The van der Waals surface area contributed by atoms with Gasteiger partial charge in [0, 0.05) is 6.07 Å². The highest BCUT2D eigenvalue weighted by Crippen LogP contribution is 2.35. The number of carboxylic acids is 1. The molecule has 0 amide bonds. The number of rotatable bonds is 4. The van der Waals surface area contributed by atoms with Gasteiger partial charge < -0.3 is 16.6 Å². The van der Waals surface area contributed by atoms with Gasteiger partial charge >= 0.3 is 5.97 Å². The second-order valence-corrected chi connectivity index (χ2v) is 4.83. The van der Waals surface area contributed by atoms with Gasteiger partial charge in [0.1, 0.15) is 17.2 Å². The first-order valence-electron chi connectivity index (χ1n) is 5.47. The number of anilines is 2. The predicted octanol–water partition coefficient (Wildman–Crippen LogP) is 1.40. The molecule has 1 aromatic heterocycles. The molecule has 0 unspecified atom stereocenters. The van der Waals surface area contributed by atoms with Crippen molar-refractivity contribution in [3.8, 4) is 0 Å². The minimum Gasteiger partial charge on any atom is -0.477 e. The SMILES string of the molecule is Nc1cc(N)nc(Sc2cccc(C(=O)O)c2[N+](=O)[O-])n1. The zero-order valence-electron chi connectivity index (χ0n) is 10.4. The Bertz CT molecular complexity index is 716. The molecule has 0 aliphatic carbocycles. The highest BCUT2D eigenvalue weighted by Gasteiger charge is 2.25. The van der Waals surface area contributed by atoms with Gasteiger partial charge in [-0.1, -0.05) is 6.07 Å². The summed E-state index contributed by atoms with van der Waals surface area (Å²) in [5.41, 5.74) is 10.1. The molecule has 0 aliphatic rings. The molecule has 0 spiro atoms. The zero-order valence-corrected chi connectivity index (χ0v) is 11.2. The smallest absolute Gasteiger partial charge is 0.342 e. The number of aromatic carboxylic acids is 1. The lowest BCUT2D eigenvalue weighted by molar-refractivity contribution is -0.388. The average Bonchev–Trinajstić information content (AvgIpc) is 2.36. The molecule has 108 valence electrons. The van der Waals surface area contributed by atoms with E-state index in [1.165, 1.54) is 18.2 Å². The van der Waals surface area contributed by atoms with Gasteiger partial charge in [-0.15, -0.1) is 0 Å². The molecule has 0 bridgehead atoms. The van der Waals surface area contributed by atoms with Crippen molar-refractivity contribution in [2.45, 2.75) is 10.1 Å². The minimum atomic E-state index is -1.39. The summed E-state index contributed by atoms with van der Waals surface area (Å²) in [5, 5.41) is 20.2. The first kappa shape index (κ1) is 14.5. The quantitative estimate of drug-likeness (QED) is 0.431. The summed E-state index contributed by atoms with van der Waals surface area (Å²) in [6.45, 7) is 0. The molecular weight excluding hydrogens is 298 g/mol. The summed E-state index contributed by atoms with van der Waals surface area (Å²) in [4.78, 5) is 29.3. The summed E-state index contributed by atoms with van der Waals surface area (Å²) in [7, 11) is 0. The average molecular weight is 307 g/mol. The predicted molar refractivity (Wildman–Crippen MR) is 75.0 cm³/mol. The number of hydrogen-bond acceptors (Lipinski definition) is 8. The zero-order chi connectivity index (χ0) is 15.6. The summed E-state index contributed by atoms with van der Waals surface area (Å²) >= 11 is 0.815. The van der Waals surface area contributed by atoms with E-state index in [-0.39, 0.29) is 21.7 Å². The Morgan fingerprint density at radius 2 is 1.90 bits per heavy atom. The molecule has 5 N–H and O–H groups in total. The van der Waals surface area contributed by atoms with E-state index in [2.05, 4.69) is 9.97 Å². The molecule has 21 heavy (non-hydrogen) atoms. The molecule has 0 saturated heterocycles. The maximum atomic E-state index is 11.1. The lowest BCUT2D eigenvalue weighted by Gasteiger charge is -2.05. The van der Waals surface area contributed by atoms with Gasteiger partial charge in [0.15, 0.2) is 5.16 Å². The van der Waals surface area contributed by atoms with Crippen molar-refractivity contribution in [1.82, 2.24) is 9.97 Å². The van der Waals surface area contributed by atoms with Crippen LogP contribution in [0.5, 0.6) is 0 Å². The van der Waals surface area contributed by atoms with Crippen LogP contribution in [0.15, 0.2) is 34.3 Å². The number of nitrogens with zero attached hydrogens (tertiary/aromatic N) is 3. The van der Waals surface area contributed by atoms with E-state index in [1.54, 1.807) is 0 Å². The van der Waals surface area contributed by atoms with Crippen molar-refractivity contribution in [2.75, 3.05) is 11.5 Å². The number of carbonyl (C=O) groups is 1. The van der Waals surface area contributed by atoms with Crippen LogP contribution < -0.4 is 11.5 Å². The molecule has 10 heteroatoms. The number of para-hydroxylation sites is 1. The van der Waals surface area contributed by atoms with Crippen molar-refractivity contribution >= 4 is 35.1 Å². The van der Waals surface area contributed by atoms with Gasteiger partial charge in [-0.3, -0.25) is 10.1 Å². The van der Waals surface area contributed by atoms with Crippen LogP contribution in [0, 0.1) is 10.1 Å². The molecule has 2 rings (SSSR count). The van der Waals surface area contributed by atoms with E-state index in [0.29, 0.717) is 0 Å². The number of aromatic nitrogens is 2. The minimum absolute atomic E-state index is 0.0879. The van der Waals surface area contributed by atoms with Crippen LogP contribution in [0.4, 0.5) is 17.3 Å². The first-order chi connectivity index (χ1) is 9.88. The van der Waals surface area contributed by atoms with E-state index in [1.807, 2.05) is 0 Å². The van der Waals surface area contributed by atoms with Crippen LogP contribution in [-0.2, 0) is 0 Å². The Morgan fingerprint density at radius 3 is 2.43 bits per heavy atom. The third-order valence-corrected chi connectivity index (χ3v) is 3.27. The summed E-state index contributed by atoms with van der Waals surface area (Å²) in [6, 6.07) is 5.29. The normalized spacial score (nSPS) is 10.3. The lowest BCUT2D eigenvalue weighted by Crippen LogP contribution is -2.04. The van der Waals surface area contributed by atoms with Crippen LogP contribution in [0.3, 0.4) is 0 Å². The van der Waals surface area contributed by atoms with Gasteiger partial charge in [0.05, 0.1) is 9.82 Å². The molecule has 0 saturated carbocycles. The standard InChI is InChI=1S/C11H9N5O4S/c12-7-4-8(13)15-11(14-7)21-6-3-1-2-5(10(17)18)9(6)16(19)20/h1-4H,(H,17,18)(H4,12,13,14,15). The van der Waals surface area contributed by atoms with E-state index in [0.717, 1.165) is 17.8 Å². The second kappa shape index (κ2) is 5.63. The Balaban J connectivity index is 2.51. The number of carboxylic acid groups (broad SMARTS) is 1. The fourth-order valence-electron chi connectivity index (χ4n) is 1.57. The number of benzene rings is 1. The number of nitrogen functional groups attached to an aromatic ring is 2. The van der Waals surface area contributed by atoms with Crippen molar-refractivity contribution in [1.29, 1.82) is 0 Å². The molecule has 0 radical (unpaired) electrons. The molecule has 1 heterocycles. The van der Waals surface area contributed by atoms with Gasteiger partial charge in [0.25, 0.3) is 5.69 Å². The summed E-state index contributed by atoms with van der Waals surface area (Å²) < 4.78 is 0. The van der Waals surface area contributed by atoms with Crippen molar-refractivity contribution in [2.24, 2.45) is 0 Å². The molecular formula is C11H9N5O4S. The number of hydrogen-bond donors (Lipinski definition) is 3. The van der Waals surface area contributed by atoms with Gasteiger partial charge in [0.2, 0.25) is 0 Å². The third kappa shape index (κ3) is 3.17. The number of nitro groups is 1. The lowest BCUT2D eigenvalue weighted by atomic mass is 10.2. The molecule has 1 aromatic carbocycles. The van der Waals surface area contributed by atoms with Gasteiger partial charge in [-0.25, -0.2) is 14.8 Å². The second-order valence-electron chi connectivity index (χ2n) is 3.82. The molecule has 0 atom stereocenters. The summed E-state index contributed by atoms with van der Waals surface area (Å²) in [6.07, 6.45) is 0. The van der Waals surface area contributed by atoms with Gasteiger partial charge in [-0.2, -0.15) is 0 Å². The van der Waals surface area contributed by atoms with E-state index in [9.17, 15) is 14.9 Å². The van der Waals surface area contributed by atoms with Crippen LogP contribution in [0.2, 0.25) is 0 Å². The molecule has 0 aliphatic heterocycles. The Hall–Kier alpha value is -2.88. The van der Waals surface area contributed by atoms with Crippen LogP contribution >= 0.6 is 11.8 Å². The monoisotopic (exact) mass is 307 g/mol. The number of nitrogens with two attached hydrogens (primary N) is 2.